The average molecular weight is 561 g/mol. The SMILES string of the molecule is CC(C)CC(NC(=O)C(CCCCN)NC(=O)C(Cc1c[nH]c2ccccc12)NC(=O)C(N)CC(=O)O)C(=O)O. The average Bonchev–Trinajstić information content (AvgIpc) is 3.29. The first-order valence-corrected chi connectivity index (χ1v) is 13.3. The van der Waals surface area contributed by atoms with Crippen molar-refractivity contribution in [3.8, 4) is 0 Å². The van der Waals surface area contributed by atoms with Crippen molar-refractivity contribution in [2.24, 2.45) is 17.4 Å². The normalized spacial score (nSPS) is 14.2. The van der Waals surface area contributed by atoms with Crippen molar-refractivity contribution in [3.63, 3.8) is 0 Å². The molecule has 220 valence electrons. The predicted octanol–water partition coefficient (Wildman–Crippen LogP) is 0.227. The summed E-state index contributed by atoms with van der Waals surface area (Å²) in [6, 6.07) is 2.52. The number of unbranched alkanes of at least 4 members (excludes halogenated alkanes) is 1. The number of benzene rings is 1. The minimum Gasteiger partial charge on any atom is -0.481 e. The van der Waals surface area contributed by atoms with Crippen LogP contribution in [0.15, 0.2) is 30.5 Å². The van der Waals surface area contributed by atoms with Gasteiger partial charge in [0.2, 0.25) is 17.7 Å². The number of carboxylic acids is 2. The number of hydrogen-bond acceptors (Lipinski definition) is 7. The first kappa shape index (κ1) is 32.2. The third-order valence-corrected chi connectivity index (χ3v) is 6.36. The summed E-state index contributed by atoms with van der Waals surface area (Å²) in [7, 11) is 0. The highest BCUT2D eigenvalue weighted by atomic mass is 16.4. The summed E-state index contributed by atoms with van der Waals surface area (Å²) < 4.78 is 0. The van der Waals surface area contributed by atoms with Gasteiger partial charge in [-0.2, -0.15) is 0 Å². The number of aromatic amines is 1. The Labute approximate surface area is 232 Å². The maximum absolute atomic E-state index is 13.5. The molecule has 0 saturated heterocycles. The molecule has 13 heteroatoms. The Balaban J connectivity index is 2.30. The topological polar surface area (TPSA) is 230 Å². The van der Waals surface area contributed by atoms with Gasteiger partial charge in [-0.1, -0.05) is 32.0 Å². The molecule has 4 unspecified atom stereocenters. The number of H-pyrrole nitrogens is 1. The molecule has 0 aliphatic heterocycles. The molecule has 4 atom stereocenters. The Morgan fingerprint density at radius 1 is 0.900 bits per heavy atom. The largest absolute Gasteiger partial charge is 0.481 e. The van der Waals surface area contributed by atoms with Crippen LogP contribution in [0.3, 0.4) is 0 Å². The molecule has 0 aliphatic rings. The number of aromatic nitrogens is 1. The van der Waals surface area contributed by atoms with Crippen LogP contribution in [0.1, 0.15) is 51.5 Å². The molecule has 3 amide bonds. The van der Waals surface area contributed by atoms with Crippen LogP contribution in [0.4, 0.5) is 0 Å². The van der Waals surface area contributed by atoms with Crippen molar-refractivity contribution < 1.29 is 34.2 Å². The third kappa shape index (κ3) is 9.97. The van der Waals surface area contributed by atoms with Crippen LogP contribution >= 0.6 is 0 Å². The number of nitrogens with two attached hydrogens (primary N) is 2. The summed E-state index contributed by atoms with van der Waals surface area (Å²) in [5.74, 6) is -4.67. The van der Waals surface area contributed by atoms with Crippen molar-refractivity contribution in [1.82, 2.24) is 20.9 Å². The highest BCUT2D eigenvalue weighted by molar-refractivity contribution is 5.95. The molecule has 2 aromatic rings. The number of fused-ring (bicyclic) bond motifs is 1. The minimum atomic E-state index is -1.40. The van der Waals surface area contributed by atoms with E-state index in [2.05, 4.69) is 20.9 Å². The van der Waals surface area contributed by atoms with Crippen molar-refractivity contribution >= 4 is 40.6 Å². The van der Waals surface area contributed by atoms with Gasteiger partial charge in [0, 0.05) is 23.5 Å². The lowest BCUT2D eigenvalue weighted by molar-refractivity contribution is -0.142. The molecule has 1 aromatic carbocycles. The van der Waals surface area contributed by atoms with E-state index in [0.29, 0.717) is 24.9 Å². The van der Waals surface area contributed by atoms with E-state index in [0.717, 1.165) is 10.9 Å². The van der Waals surface area contributed by atoms with E-state index < -0.39 is 60.2 Å². The first-order valence-electron chi connectivity index (χ1n) is 13.3. The maximum Gasteiger partial charge on any atom is 0.326 e. The Hall–Kier alpha value is -3.97. The van der Waals surface area contributed by atoms with Crippen molar-refractivity contribution in [2.45, 2.75) is 76.5 Å². The highest BCUT2D eigenvalue weighted by Crippen LogP contribution is 2.19. The first-order chi connectivity index (χ1) is 18.9. The van der Waals surface area contributed by atoms with Crippen LogP contribution in [0.2, 0.25) is 0 Å². The number of rotatable bonds is 17. The van der Waals surface area contributed by atoms with E-state index >= 15 is 0 Å². The van der Waals surface area contributed by atoms with Crippen molar-refractivity contribution in [2.75, 3.05) is 6.54 Å². The molecule has 2 rings (SSSR count). The summed E-state index contributed by atoms with van der Waals surface area (Å²) in [5.41, 5.74) is 12.8. The van der Waals surface area contributed by atoms with Gasteiger partial charge in [0.1, 0.15) is 18.1 Å². The smallest absolute Gasteiger partial charge is 0.326 e. The second kappa shape index (κ2) is 15.6. The number of nitrogens with one attached hydrogen (secondary N) is 4. The summed E-state index contributed by atoms with van der Waals surface area (Å²) in [6.07, 6.45) is 2.53. The molecule has 13 nitrogen and oxygen atoms in total. The fraction of sp³-hybridized carbons (Fsp3) is 0.519. The highest BCUT2D eigenvalue weighted by Gasteiger charge is 2.31. The Morgan fingerprint density at radius 3 is 2.15 bits per heavy atom. The van der Waals surface area contributed by atoms with Crippen LogP contribution in [-0.2, 0) is 30.4 Å². The van der Waals surface area contributed by atoms with Crippen LogP contribution in [-0.4, -0.2) is 75.6 Å². The van der Waals surface area contributed by atoms with Crippen molar-refractivity contribution in [3.05, 3.63) is 36.0 Å². The van der Waals surface area contributed by atoms with Crippen LogP contribution in [0.5, 0.6) is 0 Å². The van der Waals surface area contributed by atoms with Gasteiger partial charge in [0.05, 0.1) is 12.5 Å². The van der Waals surface area contributed by atoms with E-state index in [1.54, 1.807) is 6.20 Å². The minimum absolute atomic E-state index is 0.00235. The standard InChI is InChI=1S/C27H40N6O7/c1-15(2)11-22(27(39)40)33-25(37)20(9-5-6-10-28)31-26(38)21(32-24(36)18(29)13-23(34)35)12-16-14-30-19-8-4-3-7-17(16)19/h3-4,7-8,14-15,18,20-22,30H,5-6,9-13,28-29H2,1-2H3,(H,31,38)(H,32,36)(H,33,37)(H,34,35)(H,39,40). The Bertz CT molecular complexity index is 1180. The van der Waals surface area contributed by atoms with Gasteiger partial charge in [-0.05, 0) is 49.8 Å². The fourth-order valence-corrected chi connectivity index (χ4v) is 4.29. The summed E-state index contributed by atoms with van der Waals surface area (Å²) in [4.78, 5) is 65.2. The molecule has 0 fully saturated rings. The van der Waals surface area contributed by atoms with E-state index in [4.69, 9.17) is 16.6 Å². The second-order valence-electron chi connectivity index (χ2n) is 10.2. The monoisotopic (exact) mass is 560 g/mol. The molecule has 0 radical (unpaired) electrons. The molecule has 0 saturated carbocycles. The Morgan fingerprint density at radius 2 is 1.52 bits per heavy atom. The maximum atomic E-state index is 13.5. The van der Waals surface area contributed by atoms with Gasteiger partial charge in [0.25, 0.3) is 0 Å². The fourth-order valence-electron chi connectivity index (χ4n) is 4.29. The third-order valence-electron chi connectivity index (χ3n) is 6.36. The quantitative estimate of drug-likeness (QED) is 0.124. The molecule has 1 aromatic heterocycles. The number of aliphatic carboxylic acids is 2. The number of carboxylic acid groups (broad SMARTS) is 2. The van der Waals surface area contributed by atoms with Crippen LogP contribution in [0, 0.1) is 5.92 Å². The number of carbonyl (C=O) groups is 5. The molecule has 0 bridgehead atoms. The summed E-state index contributed by atoms with van der Waals surface area (Å²) >= 11 is 0. The lowest BCUT2D eigenvalue weighted by Crippen LogP contribution is -2.57. The number of amides is 3. The van der Waals surface area contributed by atoms with Crippen LogP contribution in [0.25, 0.3) is 10.9 Å². The zero-order chi connectivity index (χ0) is 29.8. The second-order valence-corrected chi connectivity index (χ2v) is 10.2. The van der Waals surface area contributed by atoms with Gasteiger partial charge < -0.3 is 42.6 Å². The number of para-hydroxylation sites is 1. The van der Waals surface area contributed by atoms with Gasteiger partial charge in [0.15, 0.2) is 0 Å². The predicted molar refractivity (Wildman–Crippen MR) is 148 cm³/mol. The van der Waals surface area contributed by atoms with Gasteiger partial charge in [-0.25, -0.2) is 4.79 Å². The zero-order valence-electron chi connectivity index (χ0n) is 22.8. The molecule has 0 aliphatic carbocycles. The van der Waals surface area contributed by atoms with Crippen LogP contribution < -0.4 is 27.4 Å². The zero-order valence-corrected chi connectivity index (χ0v) is 22.8. The van der Waals surface area contributed by atoms with Gasteiger partial charge >= 0.3 is 11.9 Å². The van der Waals surface area contributed by atoms with E-state index in [9.17, 15) is 29.1 Å². The van der Waals surface area contributed by atoms with E-state index in [-0.39, 0.29) is 25.2 Å². The Kier molecular flexibility index (Phi) is 12.6. The van der Waals surface area contributed by atoms with E-state index in [1.165, 1.54) is 0 Å². The van der Waals surface area contributed by atoms with Gasteiger partial charge in [-0.3, -0.25) is 19.2 Å². The van der Waals surface area contributed by atoms with E-state index in [1.807, 2.05) is 38.1 Å². The van der Waals surface area contributed by atoms with Gasteiger partial charge in [-0.15, -0.1) is 0 Å². The molecule has 0 spiro atoms. The lowest BCUT2D eigenvalue weighted by Gasteiger charge is -2.25. The summed E-state index contributed by atoms with van der Waals surface area (Å²) in [6.45, 7) is 4.03. The molecule has 10 N–H and O–H groups in total. The molecule has 40 heavy (non-hydrogen) atoms. The molecular weight excluding hydrogens is 520 g/mol. The number of hydrogen-bond donors (Lipinski definition) is 8. The number of carbonyl (C=O) groups excluding carboxylic acids is 3. The molecule has 1 heterocycles. The lowest BCUT2D eigenvalue weighted by atomic mass is 10.0. The molecular formula is C27H40N6O7. The summed E-state index contributed by atoms with van der Waals surface area (Å²) in [5, 5.41) is 27.1. The van der Waals surface area contributed by atoms with Crippen molar-refractivity contribution in [1.29, 1.82) is 0 Å².